The zero-order valence-electron chi connectivity index (χ0n) is 21.7. The Morgan fingerprint density at radius 1 is 1.11 bits per heavy atom. The van der Waals surface area contributed by atoms with Gasteiger partial charge in [-0.3, -0.25) is 14.7 Å². The van der Waals surface area contributed by atoms with Crippen LogP contribution in [0.2, 0.25) is 0 Å². The van der Waals surface area contributed by atoms with Crippen LogP contribution in [0.5, 0.6) is 5.75 Å². The average molecular weight is 487 g/mol. The Bertz CT molecular complexity index is 1130. The van der Waals surface area contributed by atoms with Gasteiger partial charge >= 0.3 is 0 Å². The molecule has 1 amide bonds. The molecule has 0 saturated carbocycles. The first-order chi connectivity index (χ1) is 17.5. The second-order valence-electron chi connectivity index (χ2n) is 8.78. The molecule has 0 bridgehead atoms. The van der Waals surface area contributed by atoms with E-state index in [0.29, 0.717) is 19.5 Å². The molecular formula is C30H38N4O2. The van der Waals surface area contributed by atoms with Crippen LogP contribution in [0.15, 0.2) is 84.0 Å². The fourth-order valence-corrected chi connectivity index (χ4v) is 4.25. The highest BCUT2D eigenvalue weighted by atomic mass is 16.5. The maximum Gasteiger partial charge on any atom is 0.269 e. The van der Waals surface area contributed by atoms with Crippen molar-refractivity contribution in [1.82, 2.24) is 9.80 Å². The standard InChI is InChI=1S/C30H38N4O2/c1-5-11-28(25-15-14-24(6-2)29(20-25)36-4)32-26(7-3)21-27(31)30(35)34-18-16-33(17-19-34)22-23-12-9-8-10-13-23/h5,8-15,20-21H,1,6-7,16-19,22,31H2,2-4H3/b27-21-,28-11-,32-26+. The van der Waals surface area contributed by atoms with Crippen LogP contribution >= 0.6 is 0 Å². The van der Waals surface area contributed by atoms with E-state index in [0.717, 1.165) is 54.3 Å². The van der Waals surface area contributed by atoms with E-state index in [9.17, 15) is 4.79 Å². The lowest BCUT2D eigenvalue weighted by Crippen LogP contribution is -2.49. The Kier molecular flexibility index (Phi) is 10.1. The molecule has 2 aromatic rings. The highest BCUT2D eigenvalue weighted by Gasteiger charge is 2.22. The van der Waals surface area contributed by atoms with Gasteiger partial charge in [0.2, 0.25) is 0 Å². The van der Waals surface area contributed by atoms with Crippen molar-refractivity contribution in [2.24, 2.45) is 10.7 Å². The first kappa shape index (κ1) is 27.0. The Morgan fingerprint density at radius 3 is 2.44 bits per heavy atom. The van der Waals surface area contributed by atoms with Gasteiger partial charge in [-0.25, -0.2) is 0 Å². The summed E-state index contributed by atoms with van der Waals surface area (Å²) < 4.78 is 5.55. The minimum absolute atomic E-state index is 0.140. The van der Waals surface area contributed by atoms with Gasteiger partial charge in [-0.15, -0.1) is 0 Å². The topological polar surface area (TPSA) is 71.2 Å². The highest BCUT2D eigenvalue weighted by Crippen LogP contribution is 2.26. The number of nitrogens with zero attached hydrogens (tertiary/aromatic N) is 3. The van der Waals surface area contributed by atoms with Gasteiger partial charge in [0.15, 0.2) is 0 Å². The van der Waals surface area contributed by atoms with Gasteiger partial charge in [0, 0.05) is 44.0 Å². The molecule has 0 aromatic heterocycles. The molecule has 2 aromatic carbocycles. The van der Waals surface area contributed by atoms with E-state index in [1.807, 2.05) is 36.1 Å². The third-order valence-corrected chi connectivity index (χ3v) is 6.34. The number of amides is 1. The third-order valence-electron chi connectivity index (χ3n) is 6.34. The van der Waals surface area contributed by atoms with E-state index >= 15 is 0 Å². The molecule has 36 heavy (non-hydrogen) atoms. The second kappa shape index (κ2) is 13.4. The van der Waals surface area contributed by atoms with E-state index in [1.54, 1.807) is 19.3 Å². The zero-order valence-corrected chi connectivity index (χ0v) is 21.7. The fraction of sp³-hybridized carbons (Fsp3) is 0.333. The number of carbonyl (C=O) groups excluding carboxylic acids is 1. The van der Waals surface area contributed by atoms with Crippen molar-refractivity contribution in [1.29, 1.82) is 0 Å². The molecule has 1 fully saturated rings. The number of benzene rings is 2. The first-order valence-electron chi connectivity index (χ1n) is 12.6. The number of ether oxygens (including phenoxy) is 1. The Labute approximate surface area is 215 Å². The number of allylic oxidation sites excluding steroid dienone is 3. The lowest BCUT2D eigenvalue weighted by Gasteiger charge is -2.34. The molecular weight excluding hydrogens is 448 g/mol. The molecule has 190 valence electrons. The predicted octanol–water partition coefficient (Wildman–Crippen LogP) is 4.82. The lowest BCUT2D eigenvalue weighted by molar-refractivity contribution is -0.129. The number of methoxy groups -OCH3 is 1. The van der Waals surface area contributed by atoms with Gasteiger partial charge in [0.05, 0.1) is 18.5 Å². The molecule has 0 radical (unpaired) electrons. The number of aliphatic imine (C=N–C) groups is 1. The minimum Gasteiger partial charge on any atom is -0.496 e. The summed E-state index contributed by atoms with van der Waals surface area (Å²) in [6, 6.07) is 16.5. The smallest absolute Gasteiger partial charge is 0.269 e. The van der Waals surface area contributed by atoms with Crippen molar-refractivity contribution in [3.63, 3.8) is 0 Å². The van der Waals surface area contributed by atoms with Crippen molar-refractivity contribution < 1.29 is 9.53 Å². The van der Waals surface area contributed by atoms with Crippen LogP contribution in [-0.4, -0.2) is 54.7 Å². The second-order valence-corrected chi connectivity index (χ2v) is 8.78. The molecule has 2 N–H and O–H groups in total. The van der Waals surface area contributed by atoms with Crippen molar-refractivity contribution in [2.75, 3.05) is 33.3 Å². The van der Waals surface area contributed by atoms with Gasteiger partial charge in [-0.05, 0) is 42.2 Å². The average Bonchev–Trinajstić information content (AvgIpc) is 2.92. The number of nitrogens with two attached hydrogens (primary N) is 1. The summed E-state index contributed by atoms with van der Waals surface area (Å²) in [6.45, 7) is 11.8. The van der Waals surface area contributed by atoms with Crippen LogP contribution in [0.4, 0.5) is 0 Å². The largest absolute Gasteiger partial charge is 0.496 e. The van der Waals surface area contributed by atoms with Crippen LogP contribution < -0.4 is 10.5 Å². The van der Waals surface area contributed by atoms with Crippen molar-refractivity contribution in [3.05, 3.63) is 95.7 Å². The fourth-order valence-electron chi connectivity index (χ4n) is 4.25. The van der Waals surface area contributed by atoms with Crippen LogP contribution in [0.3, 0.4) is 0 Å². The monoisotopic (exact) mass is 486 g/mol. The summed E-state index contributed by atoms with van der Waals surface area (Å²) in [5.41, 5.74) is 11.3. The van der Waals surface area contributed by atoms with E-state index < -0.39 is 0 Å². The molecule has 0 aliphatic carbocycles. The van der Waals surface area contributed by atoms with Crippen LogP contribution in [0, 0.1) is 0 Å². The Hall–Kier alpha value is -3.64. The first-order valence-corrected chi connectivity index (χ1v) is 12.6. The molecule has 6 heteroatoms. The summed E-state index contributed by atoms with van der Waals surface area (Å²) in [7, 11) is 1.67. The molecule has 0 atom stereocenters. The number of piperazine rings is 1. The zero-order chi connectivity index (χ0) is 25.9. The van der Waals surface area contributed by atoms with E-state index in [4.69, 9.17) is 15.5 Å². The molecule has 0 unspecified atom stereocenters. The maximum absolute atomic E-state index is 13.1. The summed E-state index contributed by atoms with van der Waals surface area (Å²) in [5.74, 6) is 0.689. The molecule has 1 aliphatic heterocycles. The molecule has 6 nitrogen and oxygen atoms in total. The van der Waals surface area contributed by atoms with Crippen molar-refractivity contribution >= 4 is 17.3 Å². The van der Waals surface area contributed by atoms with Crippen molar-refractivity contribution in [2.45, 2.75) is 33.2 Å². The van der Waals surface area contributed by atoms with E-state index in [1.165, 1.54) is 5.56 Å². The molecule has 0 spiro atoms. The molecule has 1 heterocycles. The molecule has 1 aliphatic rings. The Balaban J connectivity index is 1.71. The summed E-state index contributed by atoms with van der Waals surface area (Å²) >= 11 is 0. The number of rotatable bonds is 10. The SMILES string of the molecule is C=C\C=C(/N=C(/C=C(\N)C(=O)N1CCN(Cc2ccccc2)CC1)CC)c1ccc(CC)c(OC)c1. The summed E-state index contributed by atoms with van der Waals surface area (Å²) in [4.78, 5) is 22.1. The van der Waals surface area contributed by atoms with E-state index in [-0.39, 0.29) is 11.6 Å². The van der Waals surface area contributed by atoms with Crippen molar-refractivity contribution in [3.8, 4) is 5.75 Å². The molecule has 3 rings (SSSR count). The van der Waals surface area contributed by atoms with Gasteiger partial charge in [-0.1, -0.05) is 69.0 Å². The van der Waals surface area contributed by atoms with Crippen LogP contribution in [0.1, 0.15) is 37.0 Å². The third kappa shape index (κ3) is 7.18. The predicted molar refractivity (Wildman–Crippen MR) is 149 cm³/mol. The molecule has 1 saturated heterocycles. The number of aryl methyl sites for hydroxylation is 1. The quantitative estimate of drug-likeness (QED) is 0.297. The number of hydrogen-bond donors (Lipinski definition) is 1. The van der Waals surface area contributed by atoms with E-state index in [2.05, 4.69) is 48.7 Å². The highest BCUT2D eigenvalue weighted by molar-refractivity contribution is 6.05. The number of hydrogen-bond acceptors (Lipinski definition) is 5. The minimum atomic E-state index is -0.140. The van der Waals surface area contributed by atoms with Crippen LogP contribution in [0.25, 0.3) is 5.70 Å². The van der Waals surface area contributed by atoms with Gasteiger partial charge in [-0.2, -0.15) is 0 Å². The summed E-state index contributed by atoms with van der Waals surface area (Å²) in [6.07, 6.45) is 6.79. The van der Waals surface area contributed by atoms with Crippen LogP contribution in [-0.2, 0) is 17.8 Å². The Morgan fingerprint density at radius 2 is 1.83 bits per heavy atom. The maximum atomic E-state index is 13.1. The normalized spacial score (nSPS) is 15.6. The lowest BCUT2D eigenvalue weighted by atomic mass is 10.1. The summed E-state index contributed by atoms with van der Waals surface area (Å²) in [5, 5.41) is 0. The van der Waals surface area contributed by atoms with Gasteiger partial charge < -0.3 is 15.4 Å². The van der Waals surface area contributed by atoms with Gasteiger partial charge in [0.25, 0.3) is 5.91 Å². The number of carbonyl (C=O) groups is 1. The van der Waals surface area contributed by atoms with Gasteiger partial charge in [0.1, 0.15) is 5.75 Å².